The van der Waals surface area contributed by atoms with Gasteiger partial charge in [-0.25, -0.2) is 0 Å². The van der Waals surface area contributed by atoms with Crippen LogP contribution in [0, 0.1) is 4.91 Å². The highest BCUT2D eigenvalue weighted by Crippen LogP contribution is 1.90. The van der Waals surface area contributed by atoms with E-state index in [1.807, 2.05) is 0 Å². The molecule has 0 radical (unpaired) electrons. The average Bonchev–Trinajstić information content (AvgIpc) is 1.83. The average molecular weight is 113 g/mol. The van der Waals surface area contributed by atoms with Crippen LogP contribution >= 0.6 is 0 Å². The van der Waals surface area contributed by atoms with Gasteiger partial charge in [0, 0.05) is 11.6 Å². The Morgan fingerprint density at radius 2 is 2.38 bits per heavy atom. The summed E-state index contributed by atoms with van der Waals surface area (Å²) in [5, 5.41) is 2.19. The van der Waals surface area contributed by atoms with Crippen molar-refractivity contribution in [3.05, 3.63) is 17.6 Å². The minimum atomic E-state index is -0.607. The van der Waals surface area contributed by atoms with E-state index in [2.05, 4.69) is 11.8 Å². The number of nitrogens with zero attached hydrogens (tertiary/aromatic N) is 1. The van der Waals surface area contributed by atoms with Crippen LogP contribution in [0.5, 0.6) is 0 Å². The van der Waals surface area contributed by atoms with Crippen LogP contribution in [0.15, 0.2) is 17.8 Å². The fourth-order valence-electron chi connectivity index (χ4n) is 0.271. The van der Waals surface area contributed by atoms with Crippen LogP contribution in [0.1, 0.15) is 12.8 Å². The van der Waals surface area contributed by atoms with E-state index >= 15 is 0 Å². The molecule has 0 rings (SSSR count). The van der Waals surface area contributed by atoms with Gasteiger partial charge in [-0.3, -0.25) is 4.79 Å². The Hall–Kier alpha value is -0.990. The van der Waals surface area contributed by atoms with E-state index in [4.69, 9.17) is 0 Å². The molecule has 0 aromatic rings. The van der Waals surface area contributed by atoms with Gasteiger partial charge >= 0.3 is 0 Å². The van der Waals surface area contributed by atoms with Gasteiger partial charge in [0.05, 0.1) is 0 Å². The van der Waals surface area contributed by atoms with E-state index in [9.17, 15) is 9.70 Å². The quantitative estimate of drug-likeness (QED) is 0.408. The van der Waals surface area contributed by atoms with Gasteiger partial charge in [-0.1, -0.05) is 6.08 Å². The second-order valence-corrected chi connectivity index (χ2v) is 1.31. The van der Waals surface area contributed by atoms with Gasteiger partial charge in [0.2, 0.25) is 0 Å². The van der Waals surface area contributed by atoms with Crippen molar-refractivity contribution < 1.29 is 4.79 Å². The molecule has 3 nitrogen and oxygen atoms in total. The fraction of sp³-hybridized carbons (Fsp3) is 0.400. The third kappa shape index (κ3) is 3.21. The van der Waals surface area contributed by atoms with Gasteiger partial charge in [0.1, 0.15) is 0 Å². The first kappa shape index (κ1) is 7.01. The summed E-state index contributed by atoms with van der Waals surface area (Å²) in [6, 6.07) is 0. The molecule has 0 unspecified atom stereocenters. The molecule has 0 aromatic heterocycles. The Bertz CT molecular complexity index is 109. The predicted molar refractivity (Wildman–Crippen MR) is 30.2 cm³/mol. The van der Waals surface area contributed by atoms with Crippen LogP contribution in [-0.2, 0) is 4.79 Å². The second-order valence-electron chi connectivity index (χ2n) is 1.31. The Kier molecular flexibility index (Phi) is 3.66. The Labute approximate surface area is 47.4 Å². The Morgan fingerprint density at radius 3 is 2.75 bits per heavy atom. The van der Waals surface area contributed by atoms with Gasteiger partial charge in [0.25, 0.3) is 5.91 Å². The summed E-state index contributed by atoms with van der Waals surface area (Å²) in [5.41, 5.74) is 0. The van der Waals surface area contributed by atoms with E-state index in [1.165, 1.54) is 0 Å². The second kappa shape index (κ2) is 4.18. The zero-order valence-electron chi connectivity index (χ0n) is 4.46. The first-order chi connectivity index (χ1) is 3.81. The molecule has 0 aliphatic rings. The molecule has 1 amide bonds. The van der Waals surface area contributed by atoms with E-state index in [0.717, 1.165) is 0 Å². The van der Waals surface area contributed by atoms with Crippen molar-refractivity contribution in [1.29, 1.82) is 0 Å². The fourth-order valence-corrected chi connectivity index (χ4v) is 0.271. The topological polar surface area (TPSA) is 46.5 Å². The van der Waals surface area contributed by atoms with Gasteiger partial charge in [-0.15, -0.1) is 11.5 Å². The largest absolute Gasteiger partial charge is 0.286 e. The molecule has 0 aromatic carbocycles. The molecule has 0 N–H and O–H groups in total. The summed E-state index contributed by atoms with van der Waals surface area (Å²) in [5.74, 6) is -0.607. The number of amides is 1. The summed E-state index contributed by atoms with van der Waals surface area (Å²) in [6.07, 6.45) is 2.29. The van der Waals surface area contributed by atoms with Gasteiger partial charge < -0.3 is 0 Å². The molecule has 0 saturated carbocycles. The molecule has 0 bridgehead atoms. The first-order valence-electron chi connectivity index (χ1n) is 2.28. The van der Waals surface area contributed by atoms with E-state index in [-0.39, 0.29) is 6.42 Å². The van der Waals surface area contributed by atoms with E-state index in [0.29, 0.717) is 6.42 Å². The molecule has 0 aliphatic heterocycles. The number of rotatable bonds is 3. The third-order valence-electron chi connectivity index (χ3n) is 0.664. The van der Waals surface area contributed by atoms with Gasteiger partial charge in [-0.2, -0.15) is 0 Å². The number of hydrogen-bond donors (Lipinski definition) is 0. The lowest BCUT2D eigenvalue weighted by Crippen LogP contribution is -1.87. The zero-order chi connectivity index (χ0) is 6.41. The maximum atomic E-state index is 10.0. The standard InChI is InChI=1S/C5H7NO2/c1-2-3-4-5(7)6-8/h2H,1,3-4H2. The third-order valence-corrected chi connectivity index (χ3v) is 0.664. The number of allylic oxidation sites excluding steroid dienone is 1. The molecule has 44 valence electrons. The summed E-state index contributed by atoms with van der Waals surface area (Å²) >= 11 is 0. The predicted octanol–water partition coefficient (Wildman–Crippen LogP) is 1.25. The lowest BCUT2D eigenvalue weighted by Gasteiger charge is -1.80. The Morgan fingerprint density at radius 1 is 1.75 bits per heavy atom. The summed E-state index contributed by atoms with van der Waals surface area (Å²) in [7, 11) is 0. The molecule has 3 heteroatoms. The summed E-state index contributed by atoms with van der Waals surface area (Å²) in [6.45, 7) is 3.37. The number of carbonyl (C=O) groups excluding carboxylic acids is 1. The smallest absolute Gasteiger partial charge is 0.269 e. The van der Waals surface area contributed by atoms with Crippen molar-refractivity contribution in [3.8, 4) is 0 Å². The van der Waals surface area contributed by atoms with Crippen molar-refractivity contribution in [3.63, 3.8) is 0 Å². The highest BCUT2D eigenvalue weighted by molar-refractivity contribution is 5.76. The SMILES string of the molecule is C=CCCC(=O)N=O. The van der Waals surface area contributed by atoms with Crippen LogP contribution < -0.4 is 0 Å². The lowest BCUT2D eigenvalue weighted by molar-refractivity contribution is -0.117. The van der Waals surface area contributed by atoms with Crippen LogP contribution in [0.2, 0.25) is 0 Å². The summed E-state index contributed by atoms with van der Waals surface area (Å²) in [4.78, 5) is 19.4. The normalized spacial score (nSPS) is 8.00. The van der Waals surface area contributed by atoms with Gasteiger partial charge in [-0.05, 0) is 6.42 Å². The van der Waals surface area contributed by atoms with Crippen molar-refractivity contribution in [2.45, 2.75) is 12.8 Å². The maximum absolute atomic E-state index is 10.0. The van der Waals surface area contributed by atoms with Crippen molar-refractivity contribution >= 4 is 5.91 Å². The molecule has 0 atom stereocenters. The number of hydrogen-bond acceptors (Lipinski definition) is 2. The van der Waals surface area contributed by atoms with Crippen molar-refractivity contribution in [2.24, 2.45) is 5.18 Å². The van der Waals surface area contributed by atoms with E-state index in [1.54, 1.807) is 6.08 Å². The maximum Gasteiger partial charge on any atom is 0.286 e. The van der Waals surface area contributed by atoms with Crippen molar-refractivity contribution in [2.75, 3.05) is 0 Å². The minimum absolute atomic E-state index is 0.188. The van der Waals surface area contributed by atoms with Crippen molar-refractivity contribution in [1.82, 2.24) is 0 Å². The molecule has 0 fully saturated rings. The van der Waals surface area contributed by atoms with Gasteiger partial charge in [0.15, 0.2) is 0 Å². The number of carbonyl (C=O) groups is 1. The Balaban J connectivity index is 3.24. The highest BCUT2D eigenvalue weighted by Gasteiger charge is 1.94. The van der Waals surface area contributed by atoms with Crippen LogP contribution in [0.4, 0.5) is 0 Å². The first-order valence-corrected chi connectivity index (χ1v) is 2.28. The minimum Gasteiger partial charge on any atom is -0.269 e. The van der Waals surface area contributed by atoms with Crippen LogP contribution in [-0.4, -0.2) is 5.91 Å². The molecule has 0 spiro atoms. The highest BCUT2D eigenvalue weighted by atomic mass is 16.3. The molecular weight excluding hydrogens is 106 g/mol. The molecule has 0 aliphatic carbocycles. The number of nitroso groups, excluding NO2 is 1. The van der Waals surface area contributed by atoms with Crippen LogP contribution in [0.25, 0.3) is 0 Å². The molecule has 0 saturated heterocycles. The monoisotopic (exact) mass is 113 g/mol. The van der Waals surface area contributed by atoms with Crippen LogP contribution in [0.3, 0.4) is 0 Å². The molecule has 8 heavy (non-hydrogen) atoms. The lowest BCUT2D eigenvalue weighted by atomic mass is 10.3. The molecule has 0 heterocycles. The molecular formula is C5H7NO2. The summed E-state index contributed by atoms with van der Waals surface area (Å²) < 4.78 is 0. The van der Waals surface area contributed by atoms with E-state index < -0.39 is 5.91 Å². The zero-order valence-corrected chi connectivity index (χ0v) is 4.46.